The summed E-state index contributed by atoms with van der Waals surface area (Å²) in [5.41, 5.74) is 2.74. The third kappa shape index (κ3) is 8.98. The number of rotatable bonds is 14. The van der Waals surface area contributed by atoms with Gasteiger partial charge in [0.2, 0.25) is 21.8 Å². The summed E-state index contributed by atoms with van der Waals surface area (Å²) < 4.78 is 32.7. The third-order valence-electron chi connectivity index (χ3n) is 7.19. The maximum atomic E-state index is 13.8. The van der Waals surface area contributed by atoms with E-state index < -0.39 is 16.1 Å². The van der Waals surface area contributed by atoms with Crippen LogP contribution in [0.4, 0.5) is 0 Å². The van der Waals surface area contributed by atoms with Crippen molar-refractivity contribution in [2.24, 2.45) is 0 Å². The molecule has 0 saturated carbocycles. The lowest BCUT2D eigenvalue weighted by atomic mass is 10.0. The number of nitrogens with one attached hydrogen (secondary N) is 2. The van der Waals surface area contributed by atoms with Crippen molar-refractivity contribution in [2.45, 2.75) is 62.6 Å². The van der Waals surface area contributed by atoms with Gasteiger partial charge in [-0.25, -0.2) is 13.1 Å². The predicted octanol–water partition coefficient (Wildman–Crippen LogP) is 3.85. The van der Waals surface area contributed by atoms with Gasteiger partial charge in [0, 0.05) is 39.1 Å². The molecular formula is C32H39N3O5S. The Kier molecular flexibility index (Phi) is 11.1. The molecule has 1 aliphatic rings. The minimum atomic E-state index is -3.55. The van der Waals surface area contributed by atoms with Crippen molar-refractivity contribution in [3.8, 4) is 0 Å². The van der Waals surface area contributed by atoms with Gasteiger partial charge in [-0.15, -0.1) is 0 Å². The van der Waals surface area contributed by atoms with Crippen molar-refractivity contribution < 1.29 is 22.7 Å². The topological polar surface area (TPSA) is 105 Å². The van der Waals surface area contributed by atoms with E-state index in [0.29, 0.717) is 39.1 Å². The van der Waals surface area contributed by atoms with Gasteiger partial charge in [0.1, 0.15) is 6.04 Å². The molecule has 0 aliphatic carbocycles. The number of hydrogen-bond donors (Lipinski definition) is 2. The molecule has 1 fully saturated rings. The van der Waals surface area contributed by atoms with Gasteiger partial charge >= 0.3 is 0 Å². The fourth-order valence-corrected chi connectivity index (χ4v) is 6.02. The van der Waals surface area contributed by atoms with E-state index in [2.05, 4.69) is 10.0 Å². The van der Waals surface area contributed by atoms with Crippen LogP contribution in [0.3, 0.4) is 0 Å². The first-order valence-electron chi connectivity index (χ1n) is 14.2. The molecule has 0 radical (unpaired) electrons. The molecule has 41 heavy (non-hydrogen) atoms. The highest BCUT2D eigenvalue weighted by Gasteiger charge is 2.31. The fraction of sp³-hybridized carbons (Fsp3) is 0.375. The fourth-order valence-electron chi connectivity index (χ4n) is 4.98. The van der Waals surface area contributed by atoms with Gasteiger partial charge in [-0.05, 0) is 48.1 Å². The number of carbonyl (C=O) groups excluding carboxylic acids is 2. The minimum absolute atomic E-state index is 0.00564. The molecule has 4 rings (SSSR count). The smallest absolute Gasteiger partial charge is 0.243 e. The Morgan fingerprint density at radius 2 is 1.59 bits per heavy atom. The molecule has 1 saturated heterocycles. The maximum Gasteiger partial charge on any atom is 0.243 e. The maximum absolute atomic E-state index is 13.8. The molecule has 218 valence electrons. The summed E-state index contributed by atoms with van der Waals surface area (Å²) in [4.78, 5) is 29.4. The van der Waals surface area contributed by atoms with Crippen LogP contribution in [0, 0.1) is 0 Å². The Morgan fingerprint density at radius 1 is 0.927 bits per heavy atom. The van der Waals surface area contributed by atoms with Gasteiger partial charge in [0.15, 0.2) is 0 Å². The molecule has 1 aliphatic heterocycles. The number of sulfonamides is 1. The van der Waals surface area contributed by atoms with E-state index in [1.54, 1.807) is 36.1 Å². The Bertz CT molecular complexity index is 1360. The number of hydrogen-bond acceptors (Lipinski definition) is 5. The average Bonchev–Trinajstić information content (AvgIpc) is 3.51. The van der Waals surface area contributed by atoms with E-state index in [-0.39, 0.29) is 29.2 Å². The zero-order valence-corrected chi connectivity index (χ0v) is 24.3. The standard InChI is InChI=1S/C32H39N3O5S/c1-2-34-41(38,39)29-18-15-25(16-19-29)17-20-31(36)35(24-27-12-7-4-8-13-27)30(22-26-10-5-3-6-11-26)32(37)33-23-28-14-9-21-40-28/h3-8,10-13,15-16,18-19,28,30,34H,2,9,14,17,20-24H2,1H3,(H,33,37)/t28-,30-/m1/s1. The van der Waals surface area contributed by atoms with Crippen LogP contribution in [-0.2, 0) is 43.7 Å². The quantitative estimate of drug-likeness (QED) is 0.303. The van der Waals surface area contributed by atoms with Crippen LogP contribution in [0.15, 0.2) is 89.8 Å². The molecule has 0 unspecified atom stereocenters. The molecule has 3 aromatic carbocycles. The van der Waals surface area contributed by atoms with E-state index in [4.69, 9.17) is 4.74 Å². The highest BCUT2D eigenvalue weighted by atomic mass is 32.2. The number of carbonyl (C=O) groups is 2. The Hall–Kier alpha value is -3.53. The van der Waals surface area contributed by atoms with Crippen molar-refractivity contribution in [1.29, 1.82) is 0 Å². The number of amides is 2. The summed E-state index contributed by atoms with van der Waals surface area (Å²) in [7, 11) is -3.55. The summed E-state index contributed by atoms with van der Waals surface area (Å²) in [6.45, 7) is 3.45. The first-order chi connectivity index (χ1) is 19.9. The second kappa shape index (κ2) is 14.9. The van der Waals surface area contributed by atoms with Gasteiger partial charge in [0.25, 0.3) is 0 Å². The molecule has 1 heterocycles. The molecular weight excluding hydrogens is 538 g/mol. The molecule has 2 amide bonds. The van der Waals surface area contributed by atoms with Crippen molar-refractivity contribution in [3.63, 3.8) is 0 Å². The van der Waals surface area contributed by atoms with E-state index in [9.17, 15) is 18.0 Å². The van der Waals surface area contributed by atoms with Crippen LogP contribution in [0.2, 0.25) is 0 Å². The first kappa shape index (κ1) is 30.4. The summed E-state index contributed by atoms with van der Waals surface area (Å²) >= 11 is 0. The van der Waals surface area contributed by atoms with E-state index >= 15 is 0 Å². The van der Waals surface area contributed by atoms with Crippen LogP contribution < -0.4 is 10.0 Å². The number of ether oxygens (including phenoxy) is 1. The first-order valence-corrected chi connectivity index (χ1v) is 15.7. The lowest BCUT2D eigenvalue weighted by Crippen LogP contribution is -2.51. The zero-order valence-electron chi connectivity index (χ0n) is 23.5. The lowest BCUT2D eigenvalue weighted by Gasteiger charge is -2.32. The van der Waals surface area contributed by atoms with Gasteiger partial charge in [-0.1, -0.05) is 79.7 Å². The number of nitrogens with zero attached hydrogens (tertiary/aromatic N) is 1. The summed E-state index contributed by atoms with van der Waals surface area (Å²) in [6.07, 6.45) is 2.86. The molecule has 0 aromatic heterocycles. The number of aryl methyl sites for hydroxylation is 1. The molecule has 9 heteroatoms. The van der Waals surface area contributed by atoms with Crippen LogP contribution in [0.25, 0.3) is 0 Å². The summed E-state index contributed by atoms with van der Waals surface area (Å²) in [5, 5.41) is 3.05. The molecule has 2 atom stereocenters. The summed E-state index contributed by atoms with van der Waals surface area (Å²) in [6, 6.07) is 25.2. The Labute approximate surface area is 243 Å². The van der Waals surface area contributed by atoms with Gasteiger partial charge in [-0.3, -0.25) is 9.59 Å². The number of benzene rings is 3. The van der Waals surface area contributed by atoms with Crippen molar-refractivity contribution in [2.75, 3.05) is 19.7 Å². The van der Waals surface area contributed by atoms with Crippen LogP contribution >= 0.6 is 0 Å². The van der Waals surface area contributed by atoms with Crippen molar-refractivity contribution in [1.82, 2.24) is 14.9 Å². The van der Waals surface area contributed by atoms with Gasteiger partial charge in [-0.2, -0.15) is 0 Å². The molecule has 8 nitrogen and oxygen atoms in total. The highest BCUT2D eigenvalue weighted by molar-refractivity contribution is 7.89. The summed E-state index contributed by atoms with van der Waals surface area (Å²) in [5.74, 6) is -0.349. The van der Waals surface area contributed by atoms with E-state index in [0.717, 1.165) is 29.5 Å². The van der Waals surface area contributed by atoms with Crippen molar-refractivity contribution in [3.05, 3.63) is 102 Å². The SMILES string of the molecule is CCNS(=O)(=O)c1ccc(CCC(=O)N(Cc2ccccc2)[C@H](Cc2ccccc2)C(=O)NC[C@H]2CCCO2)cc1. The minimum Gasteiger partial charge on any atom is -0.376 e. The predicted molar refractivity (Wildman–Crippen MR) is 159 cm³/mol. The van der Waals surface area contributed by atoms with E-state index in [1.165, 1.54) is 0 Å². The van der Waals surface area contributed by atoms with Gasteiger partial charge in [0.05, 0.1) is 11.0 Å². The Balaban J connectivity index is 1.54. The normalized spacial score (nSPS) is 15.8. The van der Waals surface area contributed by atoms with Crippen molar-refractivity contribution >= 4 is 21.8 Å². The second-order valence-corrected chi connectivity index (χ2v) is 12.0. The van der Waals surface area contributed by atoms with E-state index in [1.807, 2.05) is 60.7 Å². The monoisotopic (exact) mass is 577 g/mol. The average molecular weight is 578 g/mol. The lowest BCUT2D eigenvalue weighted by molar-refractivity contribution is -0.141. The molecule has 0 bridgehead atoms. The van der Waals surface area contributed by atoms with Crippen LogP contribution in [-0.4, -0.2) is 57.0 Å². The molecule has 0 spiro atoms. The largest absolute Gasteiger partial charge is 0.376 e. The second-order valence-electron chi connectivity index (χ2n) is 10.2. The van der Waals surface area contributed by atoms with Gasteiger partial charge < -0.3 is 15.0 Å². The highest BCUT2D eigenvalue weighted by Crippen LogP contribution is 2.18. The molecule has 3 aromatic rings. The molecule has 2 N–H and O–H groups in total. The zero-order chi connectivity index (χ0) is 29.1. The van der Waals surface area contributed by atoms with Crippen LogP contribution in [0.1, 0.15) is 42.9 Å². The Morgan fingerprint density at radius 3 is 2.20 bits per heavy atom. The third-order valence-corrected chi connectivity index (χ3v) is 8.75. The van der Waals surface area contributed by atoms with Crippen LogP contribution in [0.5, 0.6) is 0 Å².